The van der Waals surface area contributed by atoms with Crippen molar-refractivity contribution in [3.05, 3.63) is 466 Å². The van der Waals surface area contributed by atoms with Gasteiger partial charge in [-0.2, -0.15) is 0 Å². The SMILES string of the molecule is C(#Cc1cc(C#Cc2ccccc2)cc(C#Cc2ccccc2)c1)c1ccccc1.C(#Cc1ccc(-c2cc(-c3ccc(C#Cc4ccccc4)cc3)cc(-c3ccc(C#Cc4ccccc4)cc3)c2)cc1)c1ccccc1.CCCC#Cc1ccc(-c2cc(-c3ccc(C#CCCC)cc3)cc(-c3ccc(CCCC)cc3)c2)cc1. The van der Waals surface area contributed by atoms with Crippen LogP contribution >= 0.6 is 0 Å². The summed E-state index contributed by atoms with van der Waals surface area (Å²) in [6.07, 6.45) is 7.65. The Bertz CT molecular complexity index is 5750. The molecule has 0 N–H and O–H groups in total. The molecule has 0 heteroatoms. The number of rotatable bonds is 11. The van der Waals surface area contributed by atoms with Gasteiger partial charge in [0.1, 0.15) is 0 Å². The van der Waals surface area contributed by atoms with Gasteiger partial charge >= 0.3 is 0 Å². The maximum Gasteiger partial charge on any atom is 0.0273 e. The zero-order valence-electron chi connectivity index (χ0n) is 65.8. The predicted molar refractivity (Wildman–Crippen MR) is 489 cm³/mol. The highest BCUT2D eigenvalue weighted by Gasteiger charge is 2.12. The van der Waals surface area contributed by atoms with Crippen LogP contribution in [0.5, 0.6) is 0 Å². The van der Waals surface area contributed by atoms with Crippen LogP contribution in [-0.4, -0.2) is 0 Å². The van der Waals surface area contributed by atoms with Gasteiger partial charge in [0.15, 0.2) is 0 Å². The van der Waals surface area contributed by atoms with Crippen LogP contribution in [0.25, 0.3) is 66.8 Å². The van der Waals surface area contributed by atoms with E-state index in [0.717, 1.165) is 143 Å². The van der Waals surface area contributed by atoms with Crippen LogP contribution in [0.15, 0.2) is 382 Å². The Balaban J connectivity index is 0.000000156. The summed E-state index contributed by atoms with van der Waals surface area (Å²) in [5.41, 5.74) is 29.3. The molecule has 0 aliphatic carbocycles. The van der Waals surface area contributed by atoms with E-state index in [2.05, 4.69) is 297 Å². The molecule has 0 radical (unpaired) electrons. The molecule has 0 aliphatic rings. The van der Waals surface area contributed by atoms with E-state index >= 15 is 0 Å². The van der Waals surface area contributed by atoms with E-state index in [9.17, 15) is 0 Å². The number of benzene rings is 15. The quantitative estimate of drug-likeness (QED) is 0.113. The van der Waals surface area contributed by atoms with E-state index in [1.165, 1.54) is 51.8 Å². The van der Waals surface area contributed by atoms with Gasteiger partial charge in [-0.3, -0.25) is 0 Å². The van der Waals surface area contributed by atoms with Crippen molar-refractivity contribution >= 4 is 0 Å². The molecule has 0 aromatic heterocycles. The van der Waals surface area contributed by atoms with E-state index < -0.39 is 0 Å². The third-order valence-electron chi connectivity index (χ3n) is 19.0. The highest BCUT2D eigenvalue weighted by Crippen LogP contribution is 2.36. The molecule has 0 saturated carbocycles. The van der Waals surface area contributed by atoms with E-state index in [0.29, 0.717) is 0 Å². The zero-order valence-corrected chi connectivity index (χ0v) is 65.8. The van der Waals surface area contributed by atoms with Gasteiger partial charge in [-0.05, 0) is 286 Å². The first kappa shape index (κ1) is 78.9. The third-order valence-corrected chi connectivity index (χ3v) is 19.0. The maximum atomic E-state index is 3.29. The molecular formula is C116H86. The number of hydrogen-bond donors (Lipinski definition) is 0. The Labute approximate surface area is 688 Å². The smallest absolute Gasteiger partial charge is 0.0273 e. The first-order chi connectivity index (χ1) is 57.3. The van der Waals surface area contributed by atoms with Crippen molar-refractivity contribution in [2.45, 2.75) is 65.7 Å². The minimum atomic E-state index is 0.899. The molecule has 15 aromatic rings. The monoisotopic (exact) mass is 1480 g/mol. The lowest BCUT2D eigenvalue weighted by Gasteiger charge is -2.12. The Hall–Kier alpha value is -15.2. The molecule has 15 aromatic carbocycles. The summed E-state index contributed by atoms with van der Waals surface area (Å²) in [7, 11) is 0. The molecule has 0 aliphatic heterocycles. The maximum absolute atomic E-state index is 3.29. The molecule has 0 saturated heterocycles. The van der Waals surface area contributed by atoms with Crippen molar-refractivity contribution < 1.29 is 0 Å². The minimum absolute atomic E-state index is 0.899. The van der Waals surface area contributed by atoms with E-state index in [4.69, 9.17) is 0 Å². The van der Waals surface area contributed by atoms with Crippen LogP contribution in [0.1, 0.15) is 143 Å². The first-order valence-corrected chi connectivity index (χ1v) is 39.8. The van der Waals surface area contributed by atoms with Crippen LogP contribution in [0.3, 0.4) is 0 Å². The summed E-state index contributed by atoms with van der Waals surface area (Å²) in [5.74, 6) is 52.1. The van der Waals surface area contributed by atoms with Gasteiger partial charge in [-0.1, -0.05) is 316 Å². The van der Waals surface area contributed by atoms with Crippen molar-refractivity contribution in [1.29, 1.82) is 0 Å². The summed E-state index contributed by atoms with van der Waals surface area (Å²) in [4.78, 5) is 0. The largest absolute Gasteiger partial charge is 0.0979 e. The number of aryl methyl sites for hydroxylation is 1. The average molecular weight is 1480 g/mol. The molecule has 116 heavy (non-hydrogen) atoms. The fourth-order valence-electron chi connectivity index (χ4n) is 12.6. The van der Waals surface area contributed by atoms with E-state index in [1.807, 2.05) is 200 Å². The second-order valence-electron chi connectivity index (χ2n) is 27.9. The van der Waals surface area contributed by atoms with Gasteiger partial charge in [0.25, 0.3) is 0 Å². The fraction of sp³-hybridized carbons (Fsp3) is 0.0862. The van der Waals surface area contributed by atoms with Gasteiger partial charge in [0, 0.05) is 90.7 Å². The van der Waals surface area contributed by atoms with Crippen molar-refractivity contribution in [3.63, 3.8) is 0 Å². The highest BCUT2D eigenvalue weighted by molar-refractivity contribution is 5.84. The first-order valence-electron chi connectivity index (χ1n) is 39.8. The second-order valence-corrected chi connectivity index (χ2v) is 27.9. The minimum Gasteiger partial charge on any atom is -0.0979 e. The van der Waals surface area contributed by atoms with Crippen LogP contribution < -0.4 is 0 Å². The van der Waals surface area contributed by atoms with Crippen molar-refractivity contribution in [3.8, 4) is 161 Å². The molecule has 550 valence electrons. The van der Waals surface area contributed by atoms with Crippen LogP contribution in [0.2, 0.25) is 0 Å². The molecule has 0 unspecified atom stereocenters. The summed E-state index contributed by atoms with van der Waals surface area (Å²) >= 11 is 0. The lowest BCUT2D eigenvalue weighted by Crippen LogP contribution is -1.88. The van der Waals surface area contributed by atoms with Gasteiger partial charge in [0.2, 0.25) is 0 Å². The standard InChI is InChI=1S/C48H30.C38H38.C30H18/c1-4-10-37(11-5-1)16-19-40-22-28-43(29-23-40)46-34-47(44-30-24-41(25-31-44)20-17-38-12-6-2-7-13-38)36-48(35-46)45-32-26-42(27-33-45)21-18-39-14-8-3-9-15-39;1-4-7-10-13-31-17-23-34(24-18-31)37-27-36(33-21-15-30(16-22-33)12-9-6-3)28-38(29-37)35-25-19-32(20-26-35)14-11-8-5-2;1-4-10-25(11-5-1)16-19-28-22-29(20-17-26-12-6-2-7-13-26)24-30(23-28)21-18-27-14-8-3-9-15-27/h1-15,22-36H;15-29H,4-9,12H2,1-3H3;1-15,22-24H. The molecule has 0 atom stereocenters. The van der Waals surface area contributed by atoms with E-state index in [1.54, 1.807) is 0 Å². The number of unbranched alkanes of at least 4 members (excludes halogenated alkanes) is 3. The van der Waals surface area contributed by atoms with Gasteiger partial charge in [0.05, 0.1) is 0 Å². The third kappa shape index (κ3) is 24.4. The summed E-state index contributed by atoms with van der Waals surface area (Å²) < 4.78 is 0. The summed E-state index contributed by atoms with van der Waals surface area (Å²) in [5, 5.41) is 0. The topological polar surface area (TPSA) is 0 Å². The predicted octanol–water partition coefficient (Wildman–Crippen LogP) is 27.1. The molecule has 0 heterocycles. The Morgan fingerprint density at radius 2 is 0.336 bits per heavy atom. The molecule has 15 rings (SSSR count). The van der Waals surface area contributed by atoms with Crippen molar-refractivity contribution in [2.24, 2.45) is 0 Å². The average Bonchev–Trinajstić information content (AvgIpc) is 0.801. The van der Waals surface area contributed by atoms with Gasteiger partial charge < -0.3 is 0 Å². The summed E-state index contributed by atoms with van der Waals surface area (Å²) in [6, 6.07) is 132. The molecule has 0 nitrogen and oxygen atoms in total. The molecule has 0 bridgehead atoms. The molecule has 0 amide bonds. The van der Waals surface area contributed by atoms with Crippen molar-refractivity contribution in [2.75, 3.05) is 0 Å². The van der Waals surface area contributed by atoms with Crippen LogP contribution in [0, 0.1) is 94.7 Å². The highest BCUT2D eigenvalue weighted by atomic mass is 14.2. The normalized spacial score (nSPS) is 9.89. The fourth-order valence-corrected chi connectivity index (χ4v) is 12.6. The molecule has 0 spiro atoms. The molecule has 0 fully saturated rings. The lowest BCUT2D eigenvalue weighted by molar-refractivity contribution is 0.795. The van der Waals surface area contributed by atoms with E-state index in [-0.39, 0.29) is 0 Å². The summed E-state index contributed by atoms with van der Waals surface area (Å²) in [6.45, 7) is 6.57. The Morgan fingerprint density at radius 1 is 0.155 bits per heavy atom. The Kier molecular flexibility index (Phi) is 28.7. The van der Waals surface area contributed by atoms with Gasteiger partial charge in [-0.25, -0.2) is 0 Å². The Morgan fingerprint density at radius 3 is 0.534 bits per heavy atom. The zero-order chi connectivity index (χ0) is 79.4. The van der Waals surface area contributed by atoms with Gasteiger partial charge in [-0.15, -0.1) is 0 Å². The van der Waals surface area contributed by atoms with Crippen LogP contribution in [0.4, 0.5) is 0 Å². The second kappa shape index (κ2) is 42.3. The molecular weight excluding hydrogens is 1390 g/mol. The van der Waals surface area contributed by atoms with Crippen LogP contribution in [-0.2, 0) is 6.42 Å². The number of hydrogen-bond acceptors (Lipinski definition) is 0. The lowest BCUT2D eigenvalue weighted by atomic mass is 9.92. The van der Waals surface area contributed by atoms with Crippen molar-refractivity contribution in [1.82, 2.24) is 0 Å².